The summed E-state index contributed by atoms with van der Waals surface area (Å²) in [5.74, 6) is -0.713. The minimum Gasteiger partial charge on any atom is -0.390 e. The van der Waals surface area contributed by atoms with Crippen LogP contribution in [0.3, 0.4) is 0 Å². The van der Waals surface area contributed by atoms with Gasteiger partial charge in [0.1, 0.15) is 11.9 Å². The van der Waals surface area contributed by atoms with Crippen LogP contribution in [0.2, 0.25) is 0 Å². The zero-order valence-electron chi connectivity index (χ0n) is 10.8. The van der Waals surface area contributed by atoms with Crippen LogP contribution in [0, 0.1) is 5.82 Å². The topological polar surface area (TPSA) is 95.6 Å². The third-order valence-electron chi connectivity index (χ3n) is 2.82. The van der Waals surface area contributed by atoms with Gasteiger partial charge in [-0.15, -0.1) is 0 Å². The number of nitrogens with one attached hydrogen (secondary N) is 1. The number of nitrogens with two attached hydrogens (primary N) is 1. The Labute approximate surface area is 111 Å². The van der Waals surface area contributed by atoms with E-state index in [0.29, 0.717) is 5.56 Å². The molecule has 1 amide bonds. The Morgan fingerprint density at radius 1 is 1.47 bits per heavy atom. The van der Waals surface area contributed by atoms with Crippen molar-refractivity contribution in [2.45, 2.75) is 32.1 Å². The van der Waals surface area contributed by atoms with Crippen LogP contribution in [0.15, 0.2) is 18.2 Å². The van der Waals surface area contributed by atoms with Gasteiger partial charge in [-0.25, -0.2) is 4.39 Å². The van der Waals surface area contributed by atoms with E-state index >= 15 is 0 Å². The lowest BCUT2D eigenvalue weighted by atomic mass is 9.97. The molecule has 0 aliphatic carbocycles. The van der Waals surface area contributed by atoms with E-state index in [2.05, 4.69) is 5.32 Å². The lowest BCUT2D eigenvalue weighted by Gasteiger charge is -2.20. The van der Waals surface area contributed by atoms with E-state index in [1.807, 2.05) is 0 Å². The predicted octanol–water partition coefficient (Wildman–Crippen LogP) is 0.205. The molecule has 0 saturated heterocycles. The quantitative estimate of drug-likeness (QED) is 0.594. The first-order valence-electron chi connectivity index (χ1n) is 6.04. The third kappa shape index (κ3) is 4.59. The number of aliphatic hydroxyl groups excluding tert-OH is 2. The Balaban J connectivity index is 2.72. The van der Waals surface area contributed by atoms with Gasteiger partial charge in [0.2, 0.25) is 5.91 Å². The van der Waals surface area contributed by atoms with Crippen LogP contribution in [-0.2, 0) is 11.3 Å². The molecule has 0 aliphatic rings. The molecule has 0 aliphatic heterocycles. The van der Waals surface area contributed by atoms with Gasteiger partial charge in [-0.3, -0.25) is 4.79 Å². The average molecular weight is 270 g/mol. The molecule has 0 heterocycles. The summed E-state index contributed by atoms with van der Waals surface area (Å²) in [6.07, 6.45) is -2.16. The maximum absolute atomic E-state index is 13.2. The fourth-order valence-corrected chi connectivity index (χ4v) is 1.79. The maximum Gasteiger partial charge on any atom is 0.216 e. The Hall–Kier alpha value is -1.50. The molecule has 2 atom stereocenters. The SMILES string of the molecule is CC(=O)NCCC(O)C(O)c1cc(F)ccc1CN. The van der Waals surface area contributed by atoms with Gasteiger partial charge < -0.3 is 21.3 Å². The molecule has 5 nitrogen and oxygen atoms in total. The zero-order valence-corrected chi connectivity index (χ0v) is 10.8. The van der Waals surface area contributed by atoms with Crippen molar-refractivity contribution in [2.75, 3.05) is 6.54 Å². The molecule has 0 spiro atoms. The van der Waals surface area contributed by atoms with Gasteiger partial charge in [-0.1, -0.05) is 6.07 Å². The highest BCUT2D eigenvalue weighted by Gasteiger charge is 2.21. The van der Waals surface area contributed by atoms with Gasteiger partial charge in [0.05, 0.1) is 6.10 Å². The molecule has 1 aromatic carbocycles. The van der Waals surface area contributed by atoms with E-state index in [1.165, 1.54) is 19.1 Å². The molecule has 106 valence electrons. The van der Waals surface area contributed by atoms with Crippen LogP contribution in [0.5, 0.6) is 0 Å². The number of carbonyl (C=O) groups is 1. The number of benzene rings is 1. The number of amides is 1. The van der Waals surface area contributed by atoms with Gasteiger partial charge in [0, 0.05) is 20.0 Å². The van der Waals surface area contributed by atoms with E-state index in [4.69, 9.17) is 5.73 Å². The van der Waals surface area contributed by atoms with Crippen LogP contribution in [-0.4, -0.2) is 28.8 Å². The average Bonchev–Trinajstić information content (AvgIpc) is 2.37. The van der Waals surface area contributed by atoms with Crippen LogP contribution in [0.25, 0.3) is 0 Å². The lowest BCUT2D eigenvalue weighted by Crippen LogP contribution is -2.28. The summed E-state index contributed by atoms with van der Waals surface area (Å²) in [5.41, 5.74) is 6.36. The molecule has 2 unspecified atom stereocenters. The summed E-state index contributed by atoms with van der Waals surface area (Å²) in [5, 5.41) is 22.3. The number of aliphatic hydroxyl groups is 2. The minimum absolute atomic E-state index is 0.144. The highest BCUT2D eigenvalue weighted by molar-refractivity contribution is 5.72. The van der Waals surface area contributed by atoms with Crippen molar-refractivity contribution in [3.8, 4) is 0 Å². The van der Waals surface area contributed by atoms with Gasteiger partial charge in [-0.2, -0.15) is 0 Å². The molecular formula is C13H19FN2O3. The minimum atomic E-state index is -1.23. The van der Waals surface area contributed by atoms with Crippen molar-refractivity contribution in [1.29, 1.82) is 0 Å². The van der Waals surface area contributed by atoms with E-state index in [-0.39, 0.29) is 31.0 Å². The van der Waals surface area contributed by atoms with Gasteiger partial charge in [-0.05, 0) is 29.7 Å². The van der Waals surface area contributed by atoms with E-state index in [0.717, 1.165) is 6.07 Å². The van der Waals surface area contributed by atoms with Crippen molar-refractivity contribution in [2.24, 2.45) is 5.73 Å². The Morgan fingerprint density at radius 3 is 2.74 bits per heavy atom. The molecule has 5 N–H and O–H groups in total. The van der Waals surface area contributed by atoms with Gasteiger partial charge in [0.15, 0.2) is 0 Å². The van der Waals surface area contributed by atoms with E-state index in [9.17, 15) is 19.4 Å². The second-order valence-electron chi connectivity index (χ2n) is 4.33. The number of rotatable bonds is 6. The molecule has 0 saturated carbocycles. The first-order chi connectivity index (χ1) is 8.95. The number of carbonyl (C=O) groups excluding carboxylic acids is 1. The largest absolute Gasteiger partial charge is 0.390 e. The van der Waals surface area contributed by atoms with Crippen molar-refractivity contribution in [1.82, 2.24) is 5.32 Å². The van der Waals surface area contributed by atoms with Crippen LogP contribution in [0.4, 0.5) is 4.39 Å². The van der Waals surface area contributed by atoms with E-state index in [1.54, 1.807) is 0 Å². The van der Waals surface area contributed by atoms with Crippen molar-refractivity contribution < 1.29 is 19.4 Å². The Bertz CT molecular complexity index is 440. The molecule has 0 aromatic heterocycles. The second kappa shape index (κ2) is 7.18. The molecule has 6 heteroatoms. The molecule has 1 rings (SSSR count). The summed E-state index contributed by atoms with van der Waals surface area (Å²) in [6.45, 7) is 1.74. The summed E-state index contributed by atoms with van der Waals surface area (Å²) in [6, 6.07) is 3.89. The summed E-state index contributed by atoms with van der Waals surface area (Å²) < 4.78 is 13.2. The maximum atomic E-state index is 13.2. The monoisotopic (exact) mass is 270 g/mol. The fraction of sp³-hybridized carbons (Fsp3) is 0.462. The molecule has 0 bridgehead atoms. The molecule has 0 fully saturated rings. The first-order valence-corrected chi connectivity index (χ1v) is 6.04. The molecule has 19 heavy (non-hydrogen) atoms. The standard InChI is InChI=1S/C13H19FN2O3/c1-8(17)16-5-4-12(18)13(19)11-6-10(14)3-2-9(11)7-15/h2-3,6,12-13,18-19H,4-5,7,15H2,1H3,(H,16,17). The van der Waals surface area contributed by atoms with Crippen molar-refractivity contribution in [3.63, 3.8) is 0 Å². The van der Waals surface area contributed by atoms with Crippen molar-refractivity contribution in [3.05, 3.63) is 35.1 Å². The summed E-state index contributed by atoms with van der Waals surface area (Å²) >= 11 is 0. The number of hydrogen-bond donors (Lipinski definition) is 4. The second-order valence-corrected chi connectivity index (χ2v) is 4.33. The van der Waals surface area contributed by atoms with Gasteiger partial charge >= 0.3 is 0 Å². The highest BCUT2D eigenvalue weighted by Crippen LogP contribution is 2.23. The summed E-state index contributed by atoms with van der Waals surface area (Å²) in [7, 11) is 0. The van der Waals surface area contributed by atoms with Crippen LogP contribution >= 0.6 is 0 Å². The smallest absolute Gasteiger partial charge is 0.216 e. The van der Waals surface area contributed by atoms with Crippen LogP contribution < -0.4 is 11.1 Å². The lowest BCUT2D eigenvalue weighted by molar-refractivity contribution is -0.119. The molecule has 0 radical (unpaired) electrons. The normalized spacial score (nSPS) is 13.9. The molecule has 1 aromatic rings. The highest BCUT2D eigenvalue weighted by atomic mass is 19.1. The molecular weight excluding hydrogens is 251 g/mol. The number of hydrogen-bond acceptors (Lipinski definition) is 4. The van der Waals surface area contributed by atoms with Gasteiger partial charge in [0.25, 0.3) is 0 Å². The number of halogens is 1. The Morgan fingerprint density at radius 2 is 2.16 bits per heavy atom. The Kier molecular flexibility index (Phi) is 5.88. The summed E-state index contributed by atoms with van der Waals surface area (Å²) in [4.78, 5) is 10.7. The predicted molar refractivity (Wildman–Crippen MR) is 68.6 cm³/mol. The van der Waals surface area contributed by atoms with E-state index < -0.39 is 18.0 Å². The third-order valence-corrected chi connectivity index (χ3v) is 2.82. The van der Waals surface area contributed by atoms with Crippen molar-refractivity contribution >= 4 is 5.91 Å². The van der Waals surface area contributed by atoms with Crippen LogP contribution in [0.1, 0.15) is 30.6 Å². The first kappa shape index (κ1) is 15.6. The fourth-order valence-electron chi connectivity index (χ4n) is 1.79. The zero-order chi connectivity index (χ0) is 14.4.